The molecule has 3 rings (SSSR count). The van der Waals surface area contributed by atoms with Gasteiger partial charge >= 0.3 is 0 Å². The summed E-state index contributed by atoms with van der Waals surface area (Å²) >= 11 is 0. The topological polar surface area (TPSA) is 57.2 Å². The molecular formula is C19H28N6. The summed E-state index contributed by atoms with van der Waals surface area (Å²) in [5.41, 5.74) is 1.37. The smallest absolute Gasteiger partial charge is 0.247 e. The first-order valence-corrected chi connectivity index (χ1v) is 9.30. The van der Waals surface area contributed by atoms with Gasteiger partial charge in [0.15, 0.2) is 5.82 Å². The van der Waals surface area contributed by atoms with Crippen molar-refractivity contribution in [3.05, 3.63) is 42.1 Å². The lowest BCUT2D eigenvalue weighted by atomic mass is 10.2. The number of aromatic nitrogens is 3. The molecule has 0 radical (unpaired) electrons. The minimum atomic E-state index is 0.736. The molecule has 1 fully saturated rings. The lowest BCUT2D eigenvalue weighted by molar-refractivity contribution is 0.248. The van der Waals surface area contributed by atoms with Crippen LogP contribution in [0, 0.1) is 0 Å². The van der Waals surface area contributed by atoms with Crippen molar-refractivity contribution in [1.29, 1.82) is 0 Å². The first-order valence-electron chi connectivity index (χ1n) is 9.30. The van der Waals surface area contributed by atoms with Gasteiger partial charge in [-0.15, -0.1) is 5.10 Å². The molecule has 0 amide bonds. The molecule has 1 aliphatic rings. The second-order valence-corrected chi connectivity index (χ2v) is 6.52. The second-order valence-electron chi connectivity index (χ2n) is 6.52. The molecule has 0 saturated carbocycles. The van der Waals surface area contributed by atoms with Crippen molar-refractivity contribution in [2.24, 2.45) is 0 Å². The molecule has 0 spiro atoms. The number of unbranched alkanes of at least 4 members (excludes halogenated alkanes) is 2. The minimum absolute atomic E-state index is 0.736. The molecule has 1 saturated heterocycles. The summed E-state index contributed by atoms with van der Waals surface area (Å²) in [5.74, 6) is 1.56. The van der Waals surface area contributed by atoms with Gasteiger partial charge in [-0.2, -0.15) is 10.1 Å². The number of hydrogen-bond donors (Lipinski definition) is 1. The van der Waals surface area contributed by atoms with Crippen LogP contribution in [0.3, 0.4) is 0 Å². The summed E-state index contributed by atoms with van der Waals surface area (Å²) in [7, 11) is 0. The van der Waals surface area contributed by atoms with Gasteiger partial charge in [-0.1, -0.05) is 50.1 Å². The van der Waals surface area contributed by atoms with Crippen molar-refractivity contribution in [2.45, 2.75) is 32.7 Å². The fourth-order valence-corrected chi connectivity index (χ4v) is 3.05. The van der Waals surface area contributed by atoms with Crippen LogP contribution in [0.5, 0.6) is 0 Å². The molecule has 6 heteroatoms. The SMILES string of the molecule is CCCCCNc1cnnc(N2CCN(Cc3ccccc3)CC2)n1. The van der Waals surface area contributed by atoms with Crippen LogP contribution < -0.4 is 10.2 Å². The Balaban J connectivity index is 1.49. The van der Waals surface area contributed by atoms with Gasteiger partial charge in [-0.3, -0.25) is 4.90 Å². The van der Waals surface area contributed by atoms with E-state index in [0.29, 0.717) is 0 Å². The van der Waals surface area contributed by atoms with Crippen LogP contribution in [0.4, 0.5) is 11.8 Å². The molecule has 1 N–H and O–H groups in total. The number of rotatable bonds is 8. The first-order chi connectivity index (χ1) is 12.3. The van der Waals surface area contributed by atoms with Gasteiger partial charge in [0.2, 0.25) is 5.95 Å². The van der Waals surface area contributed by atoms with Gasteiger partial charge in [0, 0.05) is 39.3 Å². The number of piperazine rings is 1. The molecule has 1 aliphatic heterocycles. The van der Waals surface area contributed by atoms with E-state index in [1.165, 1.54) is 18.4 Å². The van der Waals surface area contributed by atoms with Crippen LogP contribution >= 0.6 is 0 Å². The van der Waals surface area contributed by atoms with Crippen molar-refractivity contribution in [3.63, 3.8) is 0 Å². The van der Waals surface area contributed by atoms with Gasteiger partial charge in [-0.25, -0.2) is 0 Å². The van der Waals surface area contributed by atoms with E-state index < -0.39 is 0 Å². The Morgan fingerprint density at radius 2 is 1.84 bits per heavy atom. The lowest BCUT2D eigenvalue weighted by Crippen LogP contribution is -2.46. The van der Waals surface area contributed by atoms with E-state index in [4.69, 9.17) is 0 Å². The fraction of sp³-hybridized carbons (Fsp3) is 0.526. The summed E-state index contributed by atoms with van der Waals surface area (Å²) < 4.78 is 0. The predicted molar refractivity (Wildman–Crippen MR) is 102 cm³/mol. The summed E-state index contributed by atoms with van der Waals surface area (Å²) in [6.45, 7) is 8.08. The number of anilines is 2. The first kappa shape index (κ1) is 17.6. The normalized spacial score (nSPS) is 15.3. The Labute approximate surface area is 150 Å². The average molecular weight is 340 g/mol. The van der Waals surface area contributed by atoms with Crippen LogP contribution in [0.15, 0.2) is 36.5 Å². The highest BCUT2D eigenvalue weighted by Gasteiger charge is 2.19. The third kappa shape index (κ3) is 5.39. The number of benzene rings is 1. The van der Waals surface area contributed by atoms with E-state index in [2.05, 4.69) is 67.6 Å². The Bertz CT molecular complexity index is 625. The summed E-state index contributed by atoms with van der Waals surface area (Å²) in [6.07, 6.45) is 5.33. The lowest BCUT2D eigenvalue weighted by Gasteiger charge is -2.34. The van der Waals surface area contributed by atoms with E-state index in [1.54, 1.807) is 6.20 Å². The van der Waals surface area contributed by atoms with Gasteiger partial charge in [0.05, 0.1) is 6.20 Å². The Hall–Kier alpha value is -2.21. The standard InChI is InChI=1S/C19H28N6/c1-2-3-7-10-20-18-15-21-23-19(22-18)25-13-11-24(12-14-25)16-17-8-5-4-6-9-17/h4-6,8-9,15H,2-3,7,10-14,16H2,1H3,(H,20,22,23). The molecule has 1 aromatic heterocycles. The van der Waals surface area contributed by atoms with Crippen LogP contribution in [-0.4, -0.2) is 52.8 Å². The van der Waals surface area contributed by atoms with Crippen molar-refractivity contribution in [2.75, 3.05) is 42.9 Å². The van der Waals surface area contributed by atoms with Gasteiger partial charge in [-0.05, 0) is 12.0 Å². The highest BCUT2D eigenvalue weighted by atomic mass is 15.4. The maximum absolute atomic E-state index is 4.63. The summed E-state index contributed by atoms with van der Waals surface area (Å²) in [5, 5.41) is 11.7. The Morgan fingerprint density at radius 1 is 1.04 bits per heavy atom. The molecule has 25 heavy (non-hydrogen) atoms. The molecule has 1 aromatic carbocycles. The quantitative estimate of drug-likeness (QED) is 0.746. The second kappa shape index (κ2) is 9.32. The maximum atomic E-state index is 4.63. The number of nitrogens with one attached hydrogen (secondary N) is 1. The van der Waals surface area contributed by atoms with E-state index in [0.717, 1.165) is 57.5 Å². The molecule has 2 heterocycles. The van der Waals surface area contributed by atoms with Crippen LogP contribution in [0.2, 0.25) is 0 Å². The van der Waals surface area contributed by atoms with Gasteiger partial charge in [0.1, 0.15) is 0 Å². The number of nitrogens with zero attached hydrogens (tertiary/aromatic N) is 5. The van der Waals surface area contributed by atoms with E-state index in [1.807, 2.05) is 0 Å². The third-order valence-electron chi connectivity index (χ3n) is 4.54. The van der Waals surface area contributed by atoms with E-state index >= 15 is 0 Å². The zero-order valence-electron chi connectivity index (χ0n) is 15.1. The molecule has 0 unspecified atom stereocenters. The highest BCUT2D eigenvalue weighted by Crippen LogP contribution is 2.14. The third-order valence-corrected chi connectivity index (χ3v) is 4.54. The van der Waals surface area contributed by atoms with Gasteiger partial charge < -0.3 is 10.2 Å². The zero-order valence-corrected chi connectivity index (χ0v) is 15.1. The molecule has 6 nitrogen and oxygen atoms in total. The van der Waals surface area contributed by atoms with Crippen LogP contribution in [0.25, 0.3) is 0 Å². The molecule has 2 aromatic rings. The van der Waals surface area contributed by atoms with Crippen LogP contribution in [-0.2, 0) is 6.54 Å². The van der Waals surface area contributed by atoms with Crippen LogP contribution in [0.1, 0.15) is 31.7 Å². The molecule has 0 atom stereocenters. The maximum Gasteiger partial charge on any atom is 0.247 e. The molecular weight excluding hydrogens is 312 g/mol. The zero-order chi connectivity index (χ0) is 17.3. The molecule has 0 aliphatic carbocycles. The molecule has 134 valence electrons. The Kier molecular flexibility index (Phi) is 6.56. The van der Waals surface area contributed by atoms with Crippen molar-refractivity contribution >= 4 is 11.8 Å². The van der Waals surface area contributed by atoms with E-state index in [-0.39, 0.29) is 0 Å². The fourth-order valence-electron chi connectivity index (χ4n) is 3.05. The largest absolute Gasteiger partial charge is 0.369 e. The summed E-state index contributed by atoms with van der Waals surface area (Å²) in [4.78, 5) is 9.33. The molecule has 0 bridgehead atoms. The predicted octanol–water partition coefficient (Wildman–Crippen LogP) is 2.80. The number of hydrogen-bond acceptors (Lipinski definition) is 6. The monoisotopic (exact) mass is 340 g/mol. The van der Waals surface area contributed by atoms with Gasteiger partial charge in [0.25, 0.3) is 0 Å². The van der Waals surface area contributed by atoms with Crippen molar-refractivity contribution in [3.8, 4) is 0 Å². The average Bonchev–Trinajstić information content (AvgIpc) is 2.67. The van der Waals surface area contributed by atoms with E-state index in [9.17, 15) is 0 Å². The van der Waals surface area contributed by atoms with Crippen molar-refractivity contribution in [1.82, 2.24) is 20.1 Å². The minimum Gasteiger partial charge on any atom is -0.369 e. The summed E-state index contributed by atoms with van der Waals surface area (Å²) in [6, 6.07) is 10.6. The Morgan fingerprint density at radius 3 is 2.60 bits per heavy atom. The highest BCUT2D eigenvalue weighted by molar-refractivity contribution is 5.39. The van der Waals surface area contributed by atoms with Crippen molar-refractivity contribution < 1.29 is 0 Å².